The summed E-state index contributed by atoms with van der Waals surface area (Å²) < 4.78 is 5.78. The Morgan fingerprint density at radius 1 is 1.19 bits per heavy atom. The molecule has 0 aliphatic carbocycles. The van der Waals surface area contributed by atoms with Gasteiger partial charge in [-0.15, -0.1) is 24.8 Å². The molecule has 0 spiro atoms. The van der Waals surface area contributed by atoms with Gasteiger partial charge in [0, 0.05) is 13.1 Å². The van der Waals surface area contributed by atoms with Gasteiger partial charge in [-0.2, -0.15) is 0 Å². The molecule has 1 atom stereocenters. The number of carbonyl (C=O) groups is 1. The lowest BCUT2D eigenvalue weighted by Crippen LogP contribution is -2.46. The summed E-state index contributed by atoms with van der Waals surface area (Å²) in [5.41, 5.74) is 1.09. The summed E-state index contributed by atoms with van der Waals surface area (Å²) in [7, 11) is 0. The summed E-state index contributed by atoms with van der Waals surface area (Å²) >= 11 is 0. The largest absolute Gasteiger partial charge is 0.492 e. The molecule has 1 heterocycles. The first-order valence-corrected chi connectivity index (χ1v) is 9.18. The predicted molar refractivity (Wildman–Crippen MR) is 112 cm³/mol. The molecule has 5 nitrogen and oxygen atoms in total. The Morgan fingerprint density at radius 2 is 1.88 bits per heavy atom. The second kappa shape index (κ2) is 14.1. The van der Waals surface area contributed by atoms with Crippen molar-refractivity contribution in [3.05, 3.63) is 29.8 Å². The third-order valence-electron chi connectivity index (χ3n) is 4.59. The average molecular weight is 406 g/mol. The number of carbonyl (C=O) groups excluding carboxylic acids is 1. The van der Waals surface area contributed by atoms with Crippen LogP contribution in [-0.2, 0) is 11.3 Å². The van der Waals surface area contributed by atoms with Crippen LogP contribution in [0.15, 0.2) is 24.3 Å². The second-order valence-electron chi connectivity index (χ2n) is 6.24. The first-order chi connectivity index (χ1) is 11.7. The van der Waals surface area contributed by atoms with E-state index >= 15 is 0 Å². The van der Waals surface area contributed by atoms with Gasteiger partial charge in [0.1, 0.15) is 12.4 Å². The minimum atomic E-state index is -0.0265. The lowest BCUT2D eigenvalue weighted by Gasteiger charge is -2.22. The Kier molecular flexibility index (Phi) is 13.6. The topological polar surface area (TPSA) is 53.6 Å². The predicted octanol–water partition coefficient (Wildman–Crippen LogP) is 3.01. The quantitative estimate of drug-likeness (QED) is 0.662. The van der Waals surface area contributed by atoms with Gasteiger partial charge in [0.2, 0.25) is 5.91 Å². The highest BCUT2D eigenvalue weighted by molar-refractivity contribution is 5.85. The van der Waals surface area contributed by atoms with Gasteiger partial charge >= 0.3 is 0 Å². The Morgan fingerprint density at radius 3 is 2.46 bits per heavy atom. The van der Waals surface area contributed by atoms with Crippen LogP contribution in [0.4, 0.5) is 0 Å². The van der Waals surface area contributed by atoms with Gasteiger partial charge in [-0.05, 0) is 50.2 Å². The molecule has 0 radical (unpaired) electrons. The third kappa shape index (κ3) is 8.58. The Bertz CT molecular complexity index is 490. The van der Waals surface area contributed by atoms with E-state index in [0.717, 1.165) is 50.3 Å². The minimum absolute atomic E-state index is 0. The fraction of sp³-hybridized carbons (Fsp3) is 0.632. The van der Waals surface area contributed by atoms with Crippen molar-refractivity contribution in [3.63, 3.8) is 0 Å². The molecule has 1 amide bonds. The highest BCUT2D eigenvalue weighted by Crippen LogP contribution is 2.12. The van der Waals surface area contributed by atoms with Crippen molar-refractivity contribution in [2.24, 2.45) is 0 Å². The summed E-state index contributed by atoms with van der Waals surface area (Å²) in [5.74, 6) is 0.987. The first kappa shape index (κ1) is 25.0. The molecular weight excluding hydrogens is 373 g/mol. The van der Waals surface area contributed by atoms with E-state index in [9.17, 15) is 4.79 Å². The number of nitrogens with one attached hydrogen (secondary N) is 2. The molecule has 0 saturated carbocycles. The molecule has 1 aliphatic rings. The summed E-state index contributed by atoms with van der Waals surface area (Å²) in [6.07, 6.45) is 3.23. The maximum Gasteiger partial charge on any atom is 0.237 e. The van der Waals surface area contributed by atoms with Gasteiger partial charge in [-0.1, -0.05) is 32.4 Å². The molecule has 7 heteroatoms. The van der Waals surface area contributed by atoms with E-state index < -0.39 is 0 Å². The third-order valence-corrected chi connectivity index (χ3v) is 4.59. The zero-order valence-corrected chi connectivity index (χ0v) is 17.5. The number of hydrogen-bond acceptors (Lipinski definition) is 4. The summed E-state index contributed by atoms with van der Waals surface area (Å²) in [4.78, 5) is 14.4. The molecule has 1 aromatic rings. The lowest BCUT2D eigenvalue weighted by molar-refractivity contribution is -0.123. The highest BCUT2D eigenvalue weighted by Gasteiger charge is 2.19. The number of piperidine rings is 1. The van der Waals surface area contributed by atoms with E-state index in [1.54, 1.807) is 0 Å². The molecule has 26 heavy (non-hydrogen) atoms. The van der Waals surface area contributed by atoms with Gasteiger partial charge in [-0.25, -0.2) is 0 Å². The number of ether oxygens (including phenoxy) is 1. The van der Waals surface area contributed by atoms with Crippen LogP contribution < -0.4 is 15.4 Å². The molecule has 1 saturated heterocycles. The maximum atomic E-state index is 12.1. The maximum absolute atomic E-state index is 12.1. The van der Waals surface area contributed by atoms with Crippen LogP contribution in [0.5, 0.6) is 5.75 Å². The van der Waals surface area contributed by atoms with Crippen LogP contribution in [0, 0.1) is 0 Å². The molecule has 1 fully saturated rings. The van der Waals surface area contributed by atoms with Gasteiger partial charge < -0.3 is 20.3 Å². The number of halogens is 2. The molecule has 150 valence electrons. The van der Waals surface area contributed by atoms with Gasteiger partial charge in [-0.3, -0.25) is 4.79 Å². The van der Waals surface area contributed by atoms with Crippen molar-refractivity contribution in [2.75, 3.05) is 32.8 Å². The van der Waals surface area contributed by atoms with Crippen LogP contribution in [0.3, 0.4) is 0 Å². The van der Waals surface area contributed by atoms with Gasteiger partial charge in [0.05, 0.1) is 6.04 Å². The second-order valence-corrected chi connectivity index (χ2v) is 6.24. The van der Waals surface area contributed by atoms with Crippen molar-refractivity contribution >= 4 is 30.7 Å². The van der Waals surface area contributed by atoms with Crippen molar-refractivity contribution < 1.29 is 9.53 Å². The number of likely N-dealkylation sites (N-methyl/N-ethyl adjacent to an activating group) is 1. The van der Waals surface area contributed by atoms with Crippen molar-refractivity contribution in [1.82, 2.24) is 15.5 Å². The fourth-order valence-corrected chi connectivity index (χ4v) is 2.92. The number of hydrogen-bond donors (Lipinski definition) is 2. The van der Waals surface area contributed by atoms with Crippen LogP contribution >= 0.6 is 24.8 Å². The summed E-state index contributed by atoms with van der Waals surface area (Å²) in [6, 6.07) is 7.95. The van der Waals surface area contributed by atoms with Crippen molar-refractivity contribution in [2.45, 2.75) is 45.7 Å². The van der Waals surface area contributed by atoms with Crippen LogP contribution in [0.25, 0.3) is 0 Å². The number of nitrogens with zero attached hydrogens (tertiary/aromatic N) is 1. The SMILES string of the molecule is CCN(CC)CCOc1ccc(CNC(=O)[C@H]2CCCCN2)cc1.Cl.Cl. The zero-order valence-electron chi connectivity index (χ0n) is 15.8. The molecular formula is C19H33Cl2N3O2. The van der Waals surface area contributed by atoms with E-state index in [0.29, 0.717) is 13.2 Å². The molecule has 0 aromatic heterocycles. The van der Waals surface area contributed by atoms with Crippen molar-refractivity contribution in [1.29, 1.82) is 0 Å². The van der Waals surface area contributed by atoms with E-state index in [4.69, 9.17) is 4.74 Å². The molecule has 2 rings (SSSR count). The van der Waals surface area contributed by atoms with E-state index in [2.05, 4.69) is 29.4 Å². The van der Waals surface area contributed by atoms with Crippen LogP contribution in [-0.4, -0.2) is 49.6 Å². The standard InChI is InChI=1S/C19H31N3O2.2ClH/c1-3-22(4-2)13-14-24-17-10-8-16(9-11-17)15-21-19(23)18-7-5-6-12-20-18;;/h8-11,18,20H,3-7,12-15H2,1-2H3,(H,21,23);2*1H/t18-;;/m1../s1. The average Bonchev–Trinajstić information content (AvgIpc) is 2.65. The number of amides is 1. The first-order valence-electron chi connectivity index (χ1n) is 9.18. The highest BCUT2D eigenvalue weighted by atomic mass is 35.5. The summed E-state index contributed by atoms with van der Waals surface area (Å²) in [6.45, 7) is 9.58. The Labute approximate surface area is 170 Å². The normalized spacial score (nSPS) is 16.3. The van der Waals surface area contributed by atoms with E-state index in [1.807, 2.05) is 24.3 Å². The Balaban J connectivity index is 0.00000312. The van der Waals surface area contributed by atoms with E-state index in [-0.39, 0.29) is 36.8 Å². The van der Waals surface area contributed by atoms with Crippen LogP contribution in [0.2, 0.25) is 0 Å². The Hall–Kier alpha value is -1.01. The molecule has 2 N–H and O–H groups in total. The minimum Gasteiger partial charge on any atom is -0.492 e. The smallest absolute Gasteiger partial charge is 0.237 e. The van der Waals surface area contributed by atoms with Crippen molar-refractivity contribution in [3.8, 4) is 5.75 Å². The van der Waals surface area contributed by atoms with Gasteiger partial charge in [0.25, 0.3) is 0 Å². The lowest BCUT2D eigenvalue weighted by atomic mass is 10.0. The number of rotatable bonds is 9. The summed E-state index contributed by atoms with van der Waals surface area (Å²) in [5, 5.41) is 6.28. The molecule has 1 aliphatic heterocycles. The fourth-order valence-electron chi connectivity index (χ4n) is 2.92. The molecule has 1 aromatic carbocycles. The van der Waals surface area contributed by atoms with E-state index in [1.165, 1.54) is 6.42 Å². The molecule has 0 bridgehead atoms. The number of benzene rings is 1. The zero-order chi connectivity index (χ0) is 17.2. The molecule has 0 unspecified atom stereocenters. The van der Waals surface area contributed by atoms with Crippen LogP contribution in [0.1, 0.15) is 38.7 Å². The monoisotopic (exact) mass is 405 g/mol. The van der Waals surface area contributed by atoms with Gasteiger partial charge in [0.15, 0.2) is 0 Å².